The molecule has 1 aromatic carbocycles. The molecule has 0 saturated heterocycles. The van der Waals surface area contributed by atoms with Crippen molar-refractivity contribution in [2.24, 2.45) is 5.92 Å². The van der Waals surface area contributed by atoms with Crippen molar-refractivity contribution in [1.82, 2.24) is 4.72 Å². The summed E-state index contributed by atoms with van der Waals surface area (Å²) in [4.78, 5) is 23.1. The predicted molar refractivity (Wildman–Crippen MR) is 102 cm³/mol. The molecule has 0 unspecified atom stereocenters. The van der Waals surface area contributed by atoms with E-state index in [1.54, 1.807) is 32.9 Å². The Morgan fingerprint density at radius 1 is 1.19 bits per heavy atom. The average Bonchev–Trinajstić information content (AvgIpc) is 2.54. The summed E-state index contributed by atoms with van der Waals surface area (Å²) in [5.41, 5.74) is 1.54. The Hall–Kier alpha value is -1.73. The minimum Gasteiger partial charge on any atom is -0.326 e. The first-order valence-electron chi connectivity index (χ1n) is 8.97. The van der Waals surface area contributed by atoms with Gasteiger partial charge in [-0.2, -0.15) is 0 Å². The van der Waals surface area contributed by atoms with E-state index >= 15 is 0 Å². The summed E-state index contributed by atoms with van der Waals surface area (Å²) in [7, 11) is -3.37. The van der Waals surface area contributed by atoms with E-state index in [1.807, 2.05) is 12.1 Å². The van der Waals surface area contributed by atoms with Gasteiger partial charge in [0, 0.05) is 24.1 Å². The first-order chi connectivity index (χ1) is 12.1. The van der Waals surface area contributed by atoms with Crippen molar-refractivity contribution >= 4 is 27.9 Å². The molecule has 1 aromatic rings. The predicted octanol–water partition coefficient (Wildman–Crippen LogP) is 2.64. The number of carbonyl (C=O) groups excluding carboxylic acids is 2. The molecular weight excluding hydrogens is 352 g/mol. The fourth-order valence-electron chi connectivity index (χ4n) is 2.99. The Labute approximate surface area is 155 Å². The van der Waals surface area contributed by atoms with E-state index in [0.717, 1.165) is 11.8 Å². The lowest BCUT2D eigenvalue weighted by Gasteiger charge is -2.30. The van der Waals surface area contributed by atoms with Gasteiger partial charge in [0.25, 0.3) is 0 Å². The van der Waals surface area contributed by atoms with Crippen LogP contribution in [-0.2, 0) is 26.0 Å². The van der Waals surface area contributed by atoms with E-state index in [9.17, 15) is 18.0 Å². The van der Waals surface area contributed by atoms with Crippen molar-refractivity contribution in [3.8, 4) is 0 Å². The normalized spacial score (nSPS) is 21.2. The maximum Gasteiger partial charge on any atom is 0.227 e. The monoisotopic (exact) mass is 380 g/mol. The Kier molecular flexibility index (Phi) is 6.58. The maximum atomic E-state index is 12.5. The summed E-state index contributed by atoms with van der Waals surface area (Å²) in [5.74, 6) is -0.175. The summed E-state index contributed by atoms with van der Waals surface area (Å²) >= 11 is 0. The van der Waals surface area contributed by atoms with Crippen LogP contribution in [0.5, 0.6) is 0 Å². The molecule has 0 aromatic heterocycles. The van der Waals surface area contributed by atoms with Crippen LogP contribution in [0.3, 0.4) is 0 Å². The number of amides is 1. The van der Waals surface area contributed by atoms with Crippen molar-refractivity contribution < 1.29 is 18.0 Å². The van der Waals surface area contributed by atoms with Crippen LogP contribution in [-0.4, -0.2) is 31.4 Å². The number of nitrogens with one attached hydrogen (secondary N) is 2. The maximum absolute atomic E-state index is 12.5. The molecule has 1 fully saturated rings. The van der Waals surface area contributed by atoms with Crippen molar-refractivity contribution in [3.63, 3.8) is 0 Å². The van der Waals surface area contributed by atoms with Gasteiger partial charge in [-0.15, -0.1) is 0 Å². The highest BCUT2D eigenvalue weighted by Crippen LogP contribution is 2.27. The van der Waals surface area contributed by atoms with Crippen molar-refractivity contribution in [2.45, 2.75) is 63.7 Å². The molecule has 6 nitrogen and oxygen atoms in total. The van der Waals surface area contributed by atoms with E-state index in [-0.39, 0.29) is 17.9 Å². The number of benzene rings is 1. The van der Waals surface area contributed by atoms with Crippen LogP contribution in [0.25, 0.3) is 0 Å². The van der Waals surface area contributed by atoms with Crippen molar-refractivity contribution in [2.75, 3.05) is 5.32 Å². The number of aldehydes is 1. The minimum absolute atomic E-state index is 0.0506. The fraction of sp³-hybridized carbons (Fsp3) is 0.579. The molecule has 7 heteroatoms. The molecule has 0 radical (unpaired) electrons. The Bertz CT molecular complexity index is 745. The van der Waals surface area contributed by atoms with Crippen LogP contribution in [0, 0.1) is 5.92 Å². The molecule has 1 aliphatic carbocycles. The molecule has 1 saturated carbocycles. The molecule has 0 aliphatic heterocycles. The highest BCUT2D eigenvalue weighted by atomic mass is 32.2. The van der Waals surface area contributed by atoms with Crippen LogP contribution < -0.4 is 10.0 Å². The zero-order chi connectivity index (χ0) is 19.4. The van der Waals surface area contributed by atoms with Crippen LogP contribution in [0.15, 0.2) is 24.3 Å². The standard InChI is InChI=1S/C19H28N2O4S/c1-19(2,3)26(24,25)21-16-9-7-15(8-10-16)18(23)20-17-6-4-5-14(13-17)11-12-22/h4-6,12-13,15-16,21H,7-11H2,1-3H3,(H,20,23). The highest BCUT2D eigenvalue weighted by molar-refractivity contribution is 7.90. The number of hydrogen-bond acceptors (Lipinski definition) is 4. The van der Waals surface area contributed by atoms with Crippen LogP contribution >= 0.6 is 0 Å². The summed E-state index contributed by atoms with van der Waals surface area (Å²) in [6.07, 6.45) is 3.76. The van der Waals surface area contributed by atoms with Crippen LogP contribution in [0.1, 0.15) is 52.0 Å². The summed E-state index contributed by atoms with van der Waals surface area (Å²) in [6, 6.07) is 7.15. The lowest BCUT2D eigenvalue weighted by molar-refractivity contribution is -0.120. The molecule has 1 aliphatic rings. The molecule has 0 bridgehead atoms. The van der Waals surface area contributed by atoms with Gasteiger partial charge in [-0.3, -0.25) is 4.79 Å². The van der Waals surface area contributed by atoms with E-state index < -0.39 is 14.8 Å². The second-order valence-electron chi connectivity index (χ2n) is 7.84. The molecule has 0 heterocycles. The molecule has 0 atom stereocenters. The third-order valence-corrected chi connectivity index (χ3v) is 7.00. The summed E-state index contributed by atoms with van der Waals surface area (Å²) in [6.45, 7) is 5.02. The Morgan fingerprint density at radius 2 is 1.85 bits per heavy atom. The molecule has 2 N–H and O–H groups in total. The van der Waals surface area contributed by atoms with E-state index in [0.29, 0.717) is 37.8 Å². The van der Waals surface area contributed by atoms with Gasteiger partial charge in [0.05, 0.1) is 4.75 Å². The Balaban J connectivity index is 1.88. The summed E-state index contributed by atoms with van der Waals surface area (Å²) < 4.78 is 26.4. The van der Waals surface area contributed by atoms with Gasteiger partial charge in [-0.25, -0.2) is 13.1 Å². The molecule has 0 spiro atoms. The van der Waals surface area contributed by atoms with Crippen molar-refractivity contribution in [3.05, 3.63) is 29.8 Å². The zero-order valence-corrected chi connectivity index (χ0v) is 16.4. The molecule has 1 amide bonds. The van der Waals surface area contributed by atoms with Crippen LogP contribution in [0.2, 0.25) is 0 Å². The lowest BCUT2D eigenvalue weighted by Crippen LogP contribution is -2.46. The van der Waals surface area contributed by atoms with Gasteiger partial charge < -0.3 is 10.1 Å². The van der Waals surface area contributed by atoms with E-state index in [2.05, 4.69) is 10.0 Å². The quantitative estimate of drug-likeness (QED) is 0.742. The third kappa shape index (κ3) is 5.38. The number of anilines is 1. The first kappa shape index (κ1) is 20.6. The minimum atomic E-state index is -3.37. The van der Waals surface area contributed by atoms with E-state index in [1.165, 1.54) is 0 Å². The molecule has 2 rings (SSSR count). The van der Waals surface area contributed by atoms with Gasteiger partial charge in [0.2, 0.25) is 15.9 Å². The Morgan fingerprint density at radius 3 is 2.42 bits per heavy atom. The topological polar surface area (TPSA) is 92.3 Å². The molecule has 144 valence electrons. The smallest absolute Gasteiger partial charge is 0.227 e. The fourth-order valence-corrected chi connectivity index (χ4v) is 4.01. The lowest BCUT2D eigenvalue weighted by atomic mass is 9.86. The van der Waals surface area contributed by atoms with Gasteiger partial charge in [-0.1, -0.05) is 12.1 Å². The zero-order valence-electron chi connectivity index (χ0n) is 15.6. The van der Waals surface area contributed by atoms with Gasteiger partial charge in [0.1, 0.15) is 6.29 Å². The highest BCUT2D eigenvalue weighted by Gasteiger charge is 2.34. The summed E-state index contributed by atoms with van der Waals surface area (Å²) in [5, 5.41) is 2.90. The SMILES string of the molecule is CC(C)(C)S(=O)(=O)NC1CCC(C(=O)Nc2cccc(CC=O)c2)CC1. The number of hydrogen-bond donors (Lipinski definition) is 2. The molecule has 26 heavy (non-hydrogen) atoms. The van der Waals surface area contributed by atoms with Crippen LogP contribution in [0.4, 0.5) is 5.69 Å². The van der Waals surface area contributed by atoms with Gasteiger partial charge in [-0.05, 0) is 64.2 Å². The number of carbonyl (C=O) groups is 2. The van der Waals surface area contributed by atoms with E-state index in [4.69, 9.17) is 0 Å². The van der Waals surface area contributed by atoms with Gasteiger partial charge in [0.15, 0.2) is 0 Å². The largest absolute Gasteiger partial charge is 0.326 e. The first-order valence-corrected chi connectivity index (χ1v) is 10.5. The average molecular weight is 381 g/mol. The second kappa shape index (κ2) is 8.31. The molecular formula is C19H28N2O4S. The van der Waals surface area contributed by atoms with Gasteiger partial charge >= 0.3 is 0 Å². The number of rotatable bonds is 6. The number of sulfonamides is 1. The third-order valence-electron chi connectivity index (χ3n) is 4.74. The van der Waals surface area contributed by atoms with Crippen molar-refractivity contribution in [1.29, 1.82) is 0 Å². The second-order valence-corrected chi connectivity index (χ2v) is 10.3.